The number of anilines is 3. The second-order valence-corrected chi connectivity index (χ2v) is 17.2. The highest BCUT2D eigenvalue weighted by molar-refractivity contribution is 6.24. The van der Waals surface area contributed by atoms with E-state index >= 15 is 0 Å². The van der Waals surface area contributed by atoms with E-state index < -0.39 is 0 Å². The predicted octanol–water partition coefficient (Wildman–Crippen LogP) is 17.9. The molecule has 1 aromatic heterocycles. The fourth-order valence-electron chi connectivity index (χ4n) is 10.6. The van der Waals surface area contributed by atoms with Crippen molar-refractivity contribution in [1.82, 2.24) is 4.57 Å². The lowest BCUT2D eigenvalue weighted by Crippen LogP contribution is -2.10. The van der Waals surface area contributed by atoms with E-state index in [0.717, 1.165) is 22.7 Å². The Labute approximate surface area is 383 Å². The quantitative estimate of drug-likeness (QED) is 0.145. The molecule has 0 saturated heterocycles. The molecule has 2 nitrogen and oxygen atoms in total. The number of aromatic nitrogens is 1. The fourth-order valence-corrected chi connectivity index (χ4v) is 10.6. The molecule has 0 saturated carbocycles. The van der Waals surface area contributed by atoms with Crippen LogP contribution in [0.4, 0.5) is 17.1 Å². The predicted molar refractivity (Wildman–Crippen MR) is 282 cm³/mol. The molecule has 0 radical (unpaired) electrons. The largest absolute Gasteiger partial charge is 0.310 e. The maximum atomic E-state index is 2.46. The molecule has 0 aliphatic heterocycles. The Bertz CT molecular complexity index is 3920. The minimum absolute atomic E-state index is 1.09. The van der Waals surface area contributed by atoms with Gasteiger partial charge in [0.2, 0.25) is 0 Å². The molecule has 0 fully saturated rings. The van der Waals surface area contributed by atoms with Crippen molar-refractivity contribution in [2.24, 2.45) is 0 Å². The summed E-state index contributed by atoms with van der Waals surface area (Å²) in [7, 11) is 0. The molecule has 0 atom stereocenters. The number of para-hydroxylation sites is 2. The van der Waals surface area contributed by atoms with Crippen molar-refractivity contribution >= 4 is 82.0 Å². The second-order valence-electron chi connectivity index (χ2n) is 17.2. The molecule has 1 heterocycles. The van der Waals surface area contributed by atoms with Crippen LogP contribution < -0.4 is 4.90 Å². The Morgan fingerprint density at radius 1 is 0.273 bits per heavy atom. The van der Waals surface area contributed by atoms with Crippen LogP contribution in [0.2, 0.25) is 0 Å². The lowest BCUT2D eigenvalue weighted by atomic mass is 9.84. The summed E-state index contributed by atoms with van der Waals surface area (Å²) in [5.74, 6) is 0. The molecule has 0 spiro atoms. The maximum absolute atomic E-state index is 2.46. The first-order valence-corrected chi connectivity index (χ1v) is 22.8. The van der Waals surface area contributed by atoms with Gasteiger partial charge in [-0.05, 0) is 132 Å². The van der Waals surface area contributed by atoms with Crippen molar-refractivity contribution in [2.45, 2.75) is 0 Å². The minimum atomic E-state index is 1.09. The monoisotopic (exact) mass is 838 g/mol. The van der Waals surface area contributed by atoms with Crippen LogP contribution in [0.25, 0.3) is 104 Å². The first kappa shape index (κ1) is 37.8. The summed E-state index contributed by atoms with van der Waals surface area (Å²) in [5.41, 5.74) is 14.2. The van der Waals surface area contributed by atoms with E-state index in [4.69, 9.17) is 0 Å². The Kier molecular flexibility index (Phi) is 8.89. The van der Waals surface area contributed by atoms with Gasteiger partial charge in [0.05, 0.1) is 16.7 Å². The number of nitrogens with zero attached hydrogens (tertiary/aromatic N) is 2. The summed E-state index contributed by atoms with van der Waals surface area (Å²) in [6.07, 6.45) is 0. The van der Waals surface area contributed by atoms with Gasteiger partial charge in [0, 0.05) is 33.2 Å². The van der Waals surface area contributed by atoms with Gasteiger partial charge < -0.3 is 9.47 Å². The summed E-state index contributed by atoms with van der Waals surface area (Å²) in [4.78, 5) is 2.46. The molecule has 0 unspecified atom stereocenters. The van der Waals surface area contributed by atoms with Crippen LogP contribution in [0.3, 0.4) is 0 Å². The number of hydrogen-bond acceptors (Lipinski definition) is 1. The van der Waals surface area contributed by atoms with Crippen molar-refractivity contribution in [3.8, 4) is 39.1 Å². The molecular weight excluding hydrogens is 797 g/mol. The number of rotatable bonds is 7. The summed E-state index contributed by atoms with van der Waals surface area (Å²) in [6, 6.07) is 93.3. The van der Waals surface area contributed by atoms with Crippen LogP contribution in [0.1, 0.15) is 0 Å². The molecular formula is C64H42N2. The van der Waals surface area contributed by atoms with Gasteiger partial charge in [0.15, 0.2) is 0 Å². The average Bonchev–Trinajstić information content (AvgIpc) is 3.72. The molecule has 2 heteroatoms. The van der Waals surface area contributed by atoms with Crippen LogP contribution in [-0.2, 0) is 0 Å². The Morgan fingerprint density at radius 3 is 1.52 bits per heavy atom. The third kappa shape index (κ3) is 6.11. The number of benzene rings is 12. The lowest BCUT2D eigenvalue weighted by Gasteiger charge is -2.28. The van der Waals surface area contributed by atoms with Crippen LogP contribution in [0.15, 0.2) is 255 Å². The molecule has 0 aliphatic carbocycles. The van der Waals surface area contributed by atoms with Crippen LogP contribution in [0.5, 0.6) is 0 Å². The Balaban J connectivity index is 1.04. The van der Waals surface area contributed by atoms with Crippen molar-refractivity contribution in [3.05, 3.63) is 255 Å². The highest BCUT2D eigenvalue weighted by atomic mass is 15.1. The molecule has 12 aromatic carbocycles. The van der Waals surface area contributed by atoms with E-state index in [0.29, 0.717) is 0 Å². The zero-order chi connectivity index (χ0) is 43.6. The van der Waals surface area contributed by atoms with E-state index in [1.165, 1.54) is 98.3 Å². The van der Waals surface area contributed by atoms with Crippen LogP contribution in [0, 0.1) is 0 Å². The van der Waals surface area contributed by atoms with Crippen molar-refractivity contribution in [1.29, 1.82) is 0 Å². The smallest absolute Gasteiger partial charge is 0.0542 e. The van der Waals surface area contributed by atoms with Gasteiger partial charge in [0.25, 0.3) is 0 Å². The van der Waals surface area contributed by atoms with Gasteiger partial charge in [-0.2, -0.15) is 0 Å². The zero-order valence-electron chi connectivity index (χ0n) is 36.1. The molecule has 13 aromatic rings. The molecule has 0 N–H and O–H groups in total. The lowest BCUT2D eigenvalue weighted by molar-refractivity contribution is 1.18. The standard InChI is InChI=1S/C64H42N2/c1-3-18-45(19-4-1)63-54-26-11-13-28-56(54)64(57-29-14-12-27-55(57)63)58-38-40-61(52-24-10-9-23-51(52)58)65(49-35-33-44(34-36-49)47-32-31-43-17-7-8-20-46(43)41-47)50-37-39-62-59(42-50)53-25-15-16-30-60(53)66(62)48-21-5-2-6-22-48/h1-42H. The van der Waals surface area contributed by atoms with Crippen molar-refractivity contribution < 1.29 is 0 Å². The fraction of sp³-hybridized carbons (Fsp3) is 0. The number of hydrogen-bond donors (Lipinski definition) is 0. The molecule has 308 valence electrons. The van der Waals surface area contributed by atoms with Gasteiger partial charge in [0.1, 0.15) is 0 Å². The van der Waals surface area contributed by atoms with Gasteiger partial charge in [-0.3, -0.25) is 0 Å². The second kappa shape index (κ2) is 15.5. The van der Waals surface area contributed by atoms with Crippen LogP contribution in [-0.4, -0.2) is 4.57 Å². The highest BCUT2D eigenvalue weighted by Gasteiger charge is 2.23. The third-order valence-electron chi connectivity index (χ3n) is 13.5. The van der Waals surface area contributed by atoms with Crippen molar-refractivity contribution in [3.63, 3.8) is 0 Å². The van der Waals surface area contributed by atoms with E-state index in [2.05, 4.69) is 264 Å². The topological polar surface area (TPSA) is 8.17 Å². The van der Waals surface area contributed by atoms with Gasteiger partial charge in [-0.25, -0.2) is 0 Å². The highest BCUT2D eigenvalue weighted by Crippen LogP contribution is 2.49. The average molecular weight is 839 g/mol. The summed E-state index contributed by atoms with van der Waals surface area (Å²) < 4.78 is 2.39. The maximum Gasteiger partial charge on any atom is 0.0542 e. The summed E-state index contributed by atoms with van der Waals surface area (Å²) in [5, 5.41) is 12.3. The normalized spacial score (nSPS) is 11.6. The molecule has 13 rings (SSSR count). The van der Waals surface area contributed by atoms with Crippen molar-refractivity contribution in [2.75, 3.05) is 4.90 Å². The first-order valence-electron chi connectivity index (χ1n) is 22.8. The first-order chi connectivity index (χ1) is 32.8. The van der Waals surface area contributed by atoms with E-state index in [1.54, 1.807) is 0 Å². The van der Waals surface area contributed by atoms with E-state index in [-0.39, 0.29) is 0 Å². The SMILES string of the molecule is c1ccc(-c2c3ccccc3c(-c3ccc(N(c4ccc(-c5ccc6ccccc6c5)cc4)c4ccc5c(c4)c4ccccc4n5-c4ccccc4)c4ccccc34)c3ccccc23)cc1. The summed E-state index contributed by atoms with van der Waals surface area (Å²) in [6.45, 7) is 0. The Morgan fingerprint density at radius 2 is 0.803 bits per heavy atom. The van der Waals surface area contributed by atoms with Gasteiger partial charge in [-0.1, -0.05) is 194 Å². The van der Waals surface area contributed by atoms with Gasteiger partial charge >= 0.3 is 0 Å². The zero-order valence-corrected chi connectivity index (χ0v) is 36.1. The van der Waals surface area contributed by atoms with Crippen LogP contribution >= 0.6 is 0 Å². The Hall–Kier alpha value is -8.72. The molecule has 0 aliphatic rings. The third-order valence-corrected chi connectivity index (χ3v) is 13.5. The van der Waals surface area contributed by atoms with Gasteiger partial charge in [-0.15, -0.1) is 0 Å². The molecule has 66 heavy (non-hydrogen) atoms. The molecule has 0 bridgehead atoms. The summed E-state index contributed by atoms with van der Waals surface area (Å²) >= 11 is 0. The number of fused-ring (bicyclic) bond motifs is 7. The minimum Gasteiger partial charge on any atom is -0.310 e. The van der Waals surface area contributed by atoms with E-state index in [1.807, 2.05) is 0 Å². The van der Waals surface area contributed by atoms with E-state index in [9.17, 15) is 0 Å². The molecule has 0 amide bonds.